The molecule has 4 rings (SSSR count). The molecule has 4 bridgehead atoms. The van der Waals surface area contributed by atoms with Crippen molar-refractivity contribution >= 4 is 0 Å². The first-order valence-corrected chi connectivity index (χ1v) is 5.02. The molecule has 4 N–H and O–H groups in total. The normalized spacial score (nSPS) is 62.5. The van der Waals surface area contributed by atoms with E-state index in [9.17, 15) is 0 Å². The molecule has 4 aliphatic carbocycles. The molecule has 0 saturated heterocycles. The number of nitrogens with two attached hydrogens (primary N) is 2. The Morgan fingerprint density at radius 2 is 1.33 bits per heavy atom. The van der Waals surface area contributed by atoms with Crippen LogP contribution in [0.4, 0.5) is 0 Å². The third kappa shape index (κ3) is 0.882. The van der Waals surface area contributed by atoms with Gasteiger partial charge in [-0.3, -0.25) is 0 Å². The molecule has 0 aliphatic heterocycles. The van der Waals surface area contributed by atoms with Crippen molar-refractivity contribution in [2.24, 2.45) is 23.3 Å². The van der Waals surface area contributed by atoms with Crippen molar-refractivity contribution in [2.75, 3.05) is 0 Å². The lowest BCUT2D eigenvalue weighted by molar-refractivity contribution is 0.0292. The van der Waals surface area contributed by atoms with Crippen molar-refractivity contribution in [3.63, 3.8) is 0 Å². The van der Waals surface area contributed by atoms with Gasteiger partial charge >= 0.3 is 0 Å². The molecule has 2 nitrogen and oxygen atoms in total. The summed E-state index contributed by atoms with van der Waals surface area (Å²) in [5.41, 5.74) is 12.6. The smallest absolute Gasteiger partial charge is 0.0209 e. The molecule has 2 heteroatoms. The summed E-state index contributed by atoms with van der Waals surface area (Å²) in [6, 6.07) is 0. The molecular weight excluding hydrogens is 148 g/mol. The summed E-state index contributed by atoms with van der Waals surface area (Å²) in [7, 11) is 0. The second-order valence-corrected chi connectivity index (χ2v) is 5.39. The SMILES string of the molecule is NC12[CH]C3(N)CC(CC(C1)C3)C2. The molecule has 0 atom stereocenters. The van der Waals surface area contributed by atoms with E-state index in [0.717, 1.165) is 11.8 Å². The van der Waals surface area contributed by atoms with Gasteiger partial charge < -0.3 is 11.5 Å². The molecule has 4 fully saturated rings. The van der Waals surface area contributed by atoms with E-state index in [1.54, 1.807) is 0 Å². The molecule has 12 heavy (non-hydrogen) atoms. The largest absolute Gasteiger partial charge is 0.325 e. The van der Waals surface area contributed by atoms with E-state index < -0.39 is 0 Å². The molecule has 0 aromatic carbocycles. The van der Waals surface area contributed by atoms with Crippen LogP contribution in [0.5, 0.6) is 0 Å². The predicted molar refractivity (Wildman–Crippen MR) is 48.2 cm³/mol. The second kappa shape index (κ2) is 1.88. The van der Waals surface area contributed by atoms with Gasteiger partial charge in [0.15, 0.2) is 0 Å². The molecule has 0 spiro atoms. The zero-order chi connectivity index (χ0) is 8.40. The molecule has 0 heterocycles. The van der Waals surface area contributed by atoms with Crippen LogP contribution in [0.25, 0.3) is 0 Å². The van der Waals surface area contributed by atoms with Gasteiger partial charge in [-0.25, -0.2) is 0 Å². The van der Waals surface area contributed by atoms with Crippen LogP contribution in [0.15, 0.2) is 0 Å². The minimum absolute atomic E-state index is 0.0127. The Hall–Kier alpha value is -0.0800. The van der Waals surface area contributed by atoms with E-state index in [1.807, 2.05) is 0 Å². The third-order valence-corrected chi connectivity index (χ3v) is 3.92. The van der Waals surface area contributed by atoms with Crippen LogP contribution in [0, 0.1) is 18.3 Å². The van der Waals surface area contributed by atoms with Crippen LogP contribution in [0.1, 0.15) is 32.1 Å². The molecule has 4 aliphatic rings. The van der Waals surface area contributed by atoms with E-state index in [4.69, 9.17) is 11.5 Å². The maximum absolute atomic E-state index is 6.27. The highest BCUT2D eigenvalue weighted by atomic mass is 14.9. The zero-order valence-corrected chi connectivity index (χ0v) is 7.42. The van der Waals surface area contributed by atoms with Gasteiger partial charge in [0.25, 0.3) is 0 Å². The number of hydrogen-bond acceptors (Lipinski definition) is 2. The Bertz CT molecular complexity index is 190. The zero-order valence-electron chi connectivity index (χ0n) is 7.42. The lowest BCUT2D eigenvalue weighted by atomic mass is 9.50. The van der Waals surface area contributed by atoms with Gasteiger partial charge in [-0.15, -0.1) is 0 Å². The first kappa shape index (κ1) is 7.34. The molecule has 4 saturated carbocycles. The van der Waals surface area contributed by atoms with Crippen molar-refractivity contribution in [3.8, 4) is 0 Å². The molecule has 0 unspecified atom stereocenters. The van der Waals surface area contributed by atoms with Crippen LogP contribution >= 0.6 is 0 Å². The minimum atomic E-state index is 0.0127. The van der Waals surface area contributed by atoms with Gasteiger partial charge in [0.1, 0.15) is 0 Å². The lowest BCUT2D eigenvalue weighted by Gasteiger charge is -2.59. The molecule has 0 aromatic heterocycles. The first-order valence-electron chi connectivity index (χ1n) is 5.02. The predicted octanol–water partition coefficient (Wildman–Crippen LogP) is 0.809. The topological polar surface area (TPSA) is 52.0 Å². The highest BCUT2D eigenvalue weighted by molar-refractivity contribution is 5.23. The van der Waals surface area contributed by atoms with Crippen molar-refractivity contribution in [1.82, 2.24) is 0 Å². The highest BCUT2D eigenvalue weighted by Gasteiger charge is 2.54. The van der Waals surface area contributed by atoms with Gasteiger partial charge in [0.2, 0.25) is 0 Å². The minimum Gasteiger partial charge on any atom is -0.325 e. The van der Waals surface area contributed by atoms with Gasteiger partial charge in [-0.2, -0.15) is 0 Å². The average molecular weight is 165 g/mol. The summed E-state index contributed by atoms with van der Waals surface area (Å²) in [5.74, 6) is 1.66. The van der Waals surface area contributed by atoms with Crippen LogP contribution < -0.4 is 11.5 Å². The van der Waals surface area contributed by atoms with Gasteiger partial charge in [-0.1, -0.05) is 0 Å². The second-order valence-electron chi connectivity index (χ2n) is 5.39. The molecule has 0 aromatic rings. The third-order valence-electron chi connectivity index (χ3n) is 3.92. The van der Waals surface area contributed by atoms with Gasteiger partial charge in [0.05, 0.1) is 0 Å². The standard InChI is InChI=1S/C10H17N2/c11-9-2-7-1-8(4-9)5-10(12,3-7)6-9/h6-8H,1-5,11-12H2. The summed E-state index contributed by atoms with van der Waals surface area (Å²) in [6.07, 6.45) is 8.44. The van der Waals surface area contributed by atoms with E-state index in [2.05, 4.69) is 6.42 Å². The first-order chi connectivity index (χ1) is 5.57. The summed E-state index contributed by atoms with van der Waals surface area (Å²) < 4.78 is 0. The van der Waals surface area contributed by atoms with Crippen molar-refractivity contribution < 1.29 is 0 Å². The van der Waals surface area contributed by atoms with Crippen molar-refractivity contribution in [1.29, 1.82) is 0 Å². The summed E-state index contributed by atoms with van der Waals surface area (Å²) in [5, 5.41) is 0. The van der Waals surface area contributed by atoms with E-state index >= 15 is 0 Å². The highest BCUT2D eigenvalue weighted by Crippen LogP contribution is 2.54. The van der Waals surface area contributed by atoms with E-state index in [-0.39, 0.29) is 11.1 Å². The van der Waals surface area contributed by atoms with Crippen LogP contribution in [-0.4, -0.2) is 11.1 Å². The fraction of sp³-hybridized carbons (Fsp3) is 0.900. The van der Waals surface area contributed by atoms with Crippen LogP contribution in [0.2, 0.25) is 0 Å². The van der Waals surface area contributed by atoms with E-state index in [0.29, 0.717) is 0 Å². The van der Waals surface area contributed by atoms with Gasteiger partial charge in [-0.05, 0) is 43.9 Å². The van der Waals surface area contributed by atoms with Crippen molar-refractivity contribution in [3.05, 3.63) is 6.42 Å². The quantitative estimate of drug-likeness (QED) is 0.558. The fourth-order valence-electron chi connectivity index (χ4n) is 4.07. The number of rotatable bonds is 0. The van der Waals surface area contributed by atoms with Crippen LogP contribution in [-0.2, 0) is 0 Å². The summed E-state index contributed by atoms with van der Waals surface area (Å²) in [4.78, 5) is 0. The Balaban J connectivity index is 1.98. The number of hydrogen-bond donors (Lipinski definition) is 2. The molecule has 0 amide bonds. The molecular formula is C10H17N2. The average Bonchev–Trinajstić information content (AvgIpc) is 1.75. The Morgan fingerprint density at radius 1 is 0.917 bits per heavy atom. The lowest BCUT2D eigenvalue weighted by Crippen LogP contribution is -2.66. The summed E-state index contributed by atoms with van der Waals surface area (Å²) >= 11 is 0. The van der Waals surface area contributed by atoms with Gasteiger partial charge in [0, 0.05) is 17.5 Å². The maximum Gasteiger partial charge on any atom is 0.0209 e. The van der Waals surface area contributed by atoms with Crippen LogP contribution in [0.3, 0.4) is 0 Å². The monoisotopic (exact) mass is 165 g/mol. The Kier molecular flexibility index (Phi) is 1.15. The molecule has 67 valence electrons. The fourth-order valence-corrected chi connectivity index (χ4v) is 4.07. The molecule has 1 radical (unpaired) electrons. The summed E-state index contributed by atoms with van der Waals surface area (Å²) in [6.45, 7) is 0. The Labute approximate surface area is 73.7 Å². The maximum atomic E-state index is 6.27. The van der Waals surface area contributed by atoms with Crippen molar-refractivity contribution in [2.45, 2.75) is 43.2 Å². The van der Waals surface area contributed by atoms with E-state index in [1.165, 1.54) is 32.1 Å². The Morgan fingerprint density at radius 3 is 1.67 bits per heavy atom.